The molecule has 3 nitrogen and oxygen atoms in total. The minimum atomic E-state index is 0.169. The Hall–Kier alpha value is -2.00. The van der Waals surface area contributed by atoms with E-state index in [0.29, 0.717) is 24.5 Å². The second kappa shape index (κ2) is 7.05. The number of anilines is 1. The Kier molecular flexibility index (Phi) is 4.87. The number of amides is 1. The highest BCUT2D eigenvalue weighted by atomic mass is 35.5. The second-order valence-corrected chi connectivity index (χ2v) is 6.29. The van der Waals surface area contributed by atoms with Crippen LogP contribution in [0, 0.1) is 0 Å². The van der Waals surface area contributed by atoms with Crippen molar-refractivity contribution in [1.29, 1.82) is 0 Å². The number of fused-ring (bicyclic) bond motifs is 1. The van der Waals surface area contributed by atoms with Gasteiger partial charge < -0.3 is 9.64 Å². The lowest BCUT2D eigenvalue weighted by Gasteiger charge is -2.22. The fraction of sp³-hybridized carbons (Fsp3) is 0.316. The maximum absolute atomic E-state index is 12.5. The number of ether oxygens (including phenoxy) is 1. The molecular weight excluding hydrogens is 310 g/mol. The zero-order chi connectivity index (χ0) is 16.2. The summed E-state index contributed by atoms with van der Waals surface area (Å²) in [5.41, 5.74) is 2.31. The summed E-state index contributed by atoms with van der Waals surface area (Å²) >= 11 is 5.84. The van der Waals surface area contributed by atoms with Crippen LogP contribution in [0.4, 0.5) is 5.69 Å². The van der Waals surface area contributed by atoms with Gasteiger partial charge in [-0.3, -0.25) is 4.79 Å². The van der Waals surface area contributed by atoms with Gasteiger partial charge in [0.15, 0.2) is 0 Å². The molecule has 1 unspecified atom stereocenters. The van der Waals surface area contributed by atoms with Crippen molar-refractivity contribution in [2.45, 2.75) is 32.2 Å². The molecule has 2 aromatic rings. The molecule has 1 aliphatic heterocycles. The summed E-state index contributed by atoms with van der Waals surface area (Å²) < 4.78 is 5.64. The molecule has 0 aliphatic carbocycles. The van der Waals surface area contributed by atoms with E-state index in [1.54, 1.807) is 12.1 Å². The van der Waals surface area contributed by atoms with E-state index in [2.05, 4.69) is 13.0 Å². The number of para-hydroxylation sites is 1. The summed E-state index contributed by atoms with van der Waals surface area (Å²) in [6.07, 6.45) is 2.13. The Morgan fingerprint density at radius 2 is 1.96 bits per heavy atom. The van der Waals surface area contributed by atoms with Gasteiger partial charge in [-0.2, -0.15) is 0 Å². The first kappa shape index (κ1) is 15.9. The van der Waals surface area contributed by atoms with Crippen molar-refractivity contribution in [3.63, 3.8) is 0 Å². The summed E-state index contributed by atoms with van der Waals surface area (Å²) in [7, 11) is 0. The van der Waals surface area contributed by atoms with E-state index in [0.717, 1.165) is 17.9 Å². The van der Waals surface area contributed by atoms with Gasteiger partial charge in [0.05, 0.1) is 6.61 Å². The molecule has 0 fully saturated rings. The third-order valence-corrected chi connectivity index (χ3v) is 4.35. The largest absolute Gasteiger partial charge is 0.494 e. The summed E-state index contributed by atoms with van der Waals surface area (Å²) in [5, 5.41) is 0.689. The van der Waals surface area contributed by atoms with Crippen LogP contribution >= 0.6 is 11.6 Å². The molecule has 1 aliphatic rings. The second-order valence-electron chi connectivity index (χ2n) is 5.85. The first-order valence-corrected chi connectivity index (χ1v) is 8.31. The molecule has 3 rings (SSSR count). The molecule has 0 bridgehead atoms. The molecule has 4 heteroatoms. The number of nitrogens with zero attached hydrogens (tertiary/aromatic N) is 1. The molecule has 2 aromatic carbocycles. The van der Waals surface area contributed by atoms with Crippen LogP contribution in [0.5, 0.6) is 5.75 Å². The number of carbonyl (C=O) groups is 1. The highest BCUT2D eigenvalue weighted by Gasteiger charge is 2.29. The van der Waals surface area contributed by atoms with Crippen molar-refractivity contribution in [1.82, 2.24) is 0 Å². The molecule has 1 amide bonds. The Labute approximate surface area is 141 Å². The third-order valence-electron chi connectivity index (χ3n) is 4.09. The third kappa shape index (κ3) is 3.67. The average molecular weight is 330 g/mol. The van der Waals surface area contributed by atoms with Crippen molar-refractivity contribution in [2.75, 3.05) is 11.5 Å². The van der Waals surface area contributed by atoms with Gasteiger partial charge in [0.2, 0.25) is 5.91 Å². The zero-order valence-corrected chi connectivity index (χ0v) is 13.9. The maximum Gasteiger partial charge on any atom is 0.227 e. The monoisotopic (exact) mass is 329 g/mol. The lowest BCUT2D eigenvalue weighted by Crippen LogP contribution is -2.35. The van der Waals surface area contributed by atoms with Gasteiger partial charge in [0.1, 0.15) is 5.75 Å². The maximum atomic E-state index is 12.5. The highest BCUT2D eigenvalue weighted by Crippen LogP contribution is 2.32. The quantitative estimate of drug-likeness (QED) is 0.757. The molecule has 0 radical (unpaired) electrons. The van der Waals surface area contributed by atoms with E-state index in [-0.39, 0.29) is 11.9 Å². The summed E-state index contributed by atoms with van der Waals surface area (Å²) in [5.74, 6) is 0.948. The number of hydrogen-bond acceptors (Lipinski definition) is 2. The normalized spacial score (nSPS) is 16.3. The van der Waals surface area contributed by atoms with E-state index >= 15 is 0 Å². The van der Waals surface area contributed by atoms with Gasteiger partial charge in [0.25, 0.3) is 0 Å². The molecule has 0 spiro atoms. The first-order valence-electron chi connectivity index (χ1n) is 7.93. The Bertz CT molecular complexity index is 684. The fourth-order valence-electron chi connectivity index (χ4n) is 3.01. The van der Waals surface area contributed by atoms with Crippen LogP contribution in [0.25, 0.3) is 0 Å². The van der Waals surface area contributed by atoms with Crippen molar-refractivity contribution < 1.29 is 9.53 Å². The van der Waals surface area contributed by atoms with Gasteiger partial charge in [0, 0.05) is 23.2 Å². The molecule has 23 heavy (non-hydrogen) atoms. The Balaban J connectivity index is 1.51. The molecule has 0 aromatic heterocycles. The molecular formula is C19H20ClNO2. The minimum absolute atomic E-state index is 0.169. The standard InChI is InChI=1S/C19H20ClNO2/c1-14-13-15-5-2-3-6-18(15)21(14)19(22)7-4-12-23-17-10-8-16(20)9-11-17/h2-3,5-6,8-11,14H,4,7,12-13H2,1H3. The number of rotatable bonds is 5. The minimum Gasteiger partial charge on any atom is -0.494 e. The van der Waals surface area contributed by atoms with E-state index in [9.17, 15) is 4.79 Å². The fourth-order valence-corrected chi connectivity index (χ4v) is 3.14. The van der Waals surface area contributed by atoms with Crippen LogP contribution in [0.2, 0.25) is 5.02 Å². The molecule has 0 saturated carbocycles. The van der Waals surface area contributed by atoms with Gasteiger partial charge >= 0.3 is 0 Å². The van der Waals surface area contributed by atoms with Gasteiger partial charge in [-0.15, -0.1) is 0 Å². The Morgan fingerprint density at radius 1 is 1.22 bits per heavy atom. The van der Waals surface area contributed by atoms with Gasteiger partial charge in [-0.1, -0.05) is 29.8 Å². The van der Waals surface area contributed by atoms with Crippen molar-refractivity contribution in [3.8, 4) is 5.75 Å². The number of benzene rings is 2. The molecule has 0 saturated heterocycles. The van der Waals surface area contributed by atoms with Gasteiger partial charge in [-0.25, -0.2) is 0 Å². The molecule has 120 valence electrons. The van der Waals surface area contributed by atoms with E-state index in [1.165, 1.54) is 5.56 Å². The topological polar surface area (TPSA) is 29.5 Å². The lowest BCUT2D eigenvalue weighted by atomic mass is 10.1. The zero-order valence-electron chi connectivity index (χ0n) is 13.2. The number of carbonyl (C=O) groups excluding carboxylic acids is 1. The van der Waals surface area contributed by atoms with E-state index in [4.69, 9.17) is 16.3 Å². The van der Waals surface area contributed by atoms with Crippen molar-refractivity contribution >= 4 is 23.2 Å². The Morgan fingerprint density at radius 3 is 2.74 bits per heavy atom. The SMILES string of the molecule is CC1Cc2ccccc2N1C(=O)CCCOc1ccc(Cl)cc1. The average Bonchev–Trinajstić information content (AvgIpc) is 2.89. The van der Waals surface area contributed by atoms with Crippen molar-refractivity contribution in [3.05, 3.63) is 59.1 Å². The summed E-state index contributed by atoms with van der Waals surface area (Å²) in [6.45, 7) is 2.62. The van der Waals surface area contributed by atoms with E-state index in [1.807, 2.05) is 35.2 Å². The van der Waals surface area contributed by atoms with Crippen LogP contribution in [0.3, 0.4) is 0 Å². The smallest absolute Gasteiger partial charge is 0.227 e. The van der Waals surface area contributed by atoms with Crippen molar-refractivity contribution in [2.24, 2.45) is 0 Å². The van der Waals surface area contributed by atoms with Crippen LogP contribution < -0.4 is 9.64 Å². The predicted octanol–water partition coefficient (Wildman–Crippen LogP) is 4.48. The van der Waals surface area contributed by atoms with Crippen LogP contribution in [-0.2, 0) is 11.2 Å². The predicted molar refractivity (Wildman–Crippen MR) is 93.3 cm³/mol. The highest BCUT2D eigenvalue weighted by molar-refractivity contribution is 6.30. The summed E-state index contributed by atoms with van der Waals surface area (Å²) in [6, 6.07) is 15.6. The number of halogens is 1. The van der Waals surface area contributed by atoms with Gasteiger partial charge in [-0.05, 0) is 55.7 Å². The number of hydrogen-bond donors (Lipinski definition) is 0. The van der Waals surface area contributed by atoms with Crippen LogP contribution in [-0.4, -0.2) is 18.6 Å². The lowest BCUT2D eigenvalue weighted by molar-refractivity contribution is -0.119. The van der Waals surface area contributed by atoms with Crippen LogP contribution in [0.15, 0.2) is 48.5 Å². The molecule has 1 atom stereocenters. The summed E-state index contributed by atoms with van der Waals surface area (Å²) in [4.78, 5) is 14.5. The first-order chi connectivity index (χ1) is 11.1. The molecule has 0 N–H and O–H groups in total. The van der Waals surface area contributed by atoms with Crippen LogP contribution in [0.1, 0.15) is 25.3 Å². The van der Waals surface area contributed by atoms with E-state index < -0.39 is 0 Å². The molecule has 1 heterocycles.